The van der Waals surface area contributed by atoms with Crippen molar-refractivity contribution < 1.29 is 0 Å². The van der Waals surface area contributed by atoms with E-state index in [1.807, 2.05) is 0 Å². The quantitative estimate of drug-likeness (QED) is 0.821. The minimum Gasteiger partial charge on any atom is -0.329 e. The second-order valence-electron chi connectivity index (χ2n) is 3.86. The maximum absolute atomic E-state index is 5.72. The zero-order chi connectivity index (χ0) is 9.97. The van der Waals surface area contributed by atoms with Crippen LogP contribution < -0.4 is 5.73 Å². The summed E-state index contributed by atoms with van der Waals surface area (Å²) in [6.45, 7) is 4.99. The number of hydrogen-bond acceptors (Lipinski definition) is 4. The van der Waals surface area contributed by atoms with E-state index >= 15 is 0 Å². The van der Waals surface area contributed by atoms with Crippen LogP contribution in [-0.4, -0.2) is 29.0 Å². The van der Waals surface area contributed by atoms with E-state index in [2.05, 4.69) is 22.2 Å². The molecule has 1 aliphatic rings. The Bertz CT molecular complexity index is 297. The Hall–Kier alpha value is -0.450. The van der Waals surface area contributed by atoms with Crippen molar-refractivity contribution in [3.05, 3.63) is 16.1 Å². The summed E-state index contributed by atoms with van der Waals surface area (Å²) < 4.78 is 0. The van der Waals surface area contributed by atoms with Crippen molar-refractivity contribution in [1.29, 1.82) is 0 Å². The van der Waals surface area contributed by atoms with Crippen LogP contribution in [0.4, 0.5) is 0 Å². The van der Waals surface area contributed by atoms with E-state index in [0.29, 0.717) is 6.04 Å². The molecular formula is C10H17N3S. The van der Waals surface area contributed by atoms with Crippen LogP contribution in [0.2, 0.25) is 0 Å². The Balaban J connectivity index is 1.96. The van der Waals surface area contributed by atoms with Gasteiger partial charge in [0.2, 0.25) is 0 Å². The lowest BCUT2D eigenvalue weighted by atomic mass is 10.2. The molecule has 0 bridgehead atoms. The lowest BCUT2D eigenvalue weighted by molar-refractivity contribution is 0.248. The van der Waals surface area contributed by atoms with Crippen molar-refractivity contribution >= 4 is 11.3 Å². The first kappa shape index (κ1) is 10.1. The number of nitrogens with two attached hydrogens (primary N) is 1. The fraction of sp³-hybridized carbons (Fsp3) is 0.700. The van der Waals surface area contributed by atoms with E-state index < -0.39 is 0 Å². The number of aryl methyl sites for hydroxylation is 1. The van der Waals surface area contributed by atoms with Crippen molar-refractivity contribution in [1.82, 2.24) is 9.88 Å². The van der Waals surface area contributed by atoms with Gasteiger partial charge in [0.1, 0.15) is 0 Å². The lowest BCUT2D eigenvalue weighted by Crippen LogP contribution is -2.34. The molecule has 0 spiro atoms. The van der Waals surface area contributed by atoms with Gasteiger partial charge >= 0.3 is 0 Å². The number of rotatable bonds is 3. The molecule has 4 heteroatoms. The van der Waals surface area contributed by atoms with Gasteiger partial charge in [0, 0.05) is 24.5 Å². The summed E-state index contributed by atoms with van der Waals surface area (Å²) in [6.07, 6.45) is 2.53. The Kier molecular flexibility index (Phi) is 3.15. The van der Waals surface area contributed by atoms with Gasteiger partial charge in [-0.1, -0.05) is 0 Å². The minimum absolute atomic E-state index is 0.581. The number of likely N-dealkylation sites (tertiary alicyclic amines) is 1. The van der Waals surface area contributed by atoms with Gasteiger partial charge in [-0.25, -0.2) is 4.98 Å². The van der Waals surface area contributed by atoms with Crippen LogP contribution in [0.1, 0.15) is 23.5 Å². The fourth-order valence-electron chi connectivity index (χ4n) is 2.06. The van der Waals surface area contributed by atoms with Crippen LogP contribution in [-0.2, 0) is 6.54 Å². The highest BCUT2D eigenvalue weighted by molar-refractivity contribution is 7.09. The molecule has 1 aliphatic heterocycles. The third-order valence-corrected chi connectivity index (χ3v) is 3.63. The van der Waals surface area contributed by atoms with E-state index in [-0.39, 0.29) is 0 Å². The Morgan fingerprint density at radius 3 is 3.21 bits per heavy atom. The molecule has 0 amide bonds. The van der Waals surface area contributed by atoms with E-state index in [4.69, 9.17) is 5.73 Å². The molecule has 3 nitrogen and oxygen atoms in total. The zero-order valence-electron chi connectivity index (χ0n) is 8.57. The number of thiazole rings is 1. The second kappa shape index (κ2) is 4.38. The monoisotopic (exact) mass is 211 g/mol. The largest absolute Gasteiger partial charge is 0.329 e. The van der Waals surface area contributed by atoms with E-state index in [1.54, 1.807) is 11.3 Å². The van der Waals surface area contributed by atoms with Crippen LogP contribution in [0.25, 0.3) is 0 Å². The first-order valence-corrected chi connectivity index (χ1v) is 6.02. The summed E-state index contributed by atoms with van der Waals surface area (Å²) in [5.41, 5.74) is 6.93. The molecule has 2 rings (SSSR count). The third-order valence-electron chi connectivity index (χ3n) is 2.80. The topological polar surface area (TPSA) is 42.2 Å². The summed E-state index contributed by atoms with van der Waals surface area (Å²) in [5, 5.41) is 3.31. The van der Waals surface area contributed by atoms with Gasteiger partial charge < -0.3 is 5.73 Å². The smallest absolute Gasteiger partial charge is 0.0897 e. The molecule has 14 heavy (non-hydrogen) atoms. The predicted molar refractivity (Wildman–Crippen MR) is 59.3 cm³/mol. The first-order chi connectivity index (χ1) is 6.79. The summed E-state index contributed by atoms with van der Waals surface area (Å²) in [5.74, 6) is 0. The predicted octanol–water partition coefficient (Wildman–Crippen LogP) is 1.37. The van der Waals surface area contributed by atoms with Gasteiger partial charge in [-0.15, -0.1) is 11.3 Å². The van der Waals surface area contributed by atoms with Crippen LogP contribution in [0.3, 0.4) is 0 Å². The van der Waals surface area contributed by atoms with Gasteiger partial charge in [0.15, 0.2) is 0 Å². The molecular weight excluding hydrogens is 194 g/mol. The van der Waals surface area contributed by atoms with Gasteiger partial charge in [-0.05, 0) is 26.3 Å². The third kappa shape index (κ3) is 2.13. The van der Waals surface area contributed by atoms with Crippen LogP contribution in [0, 0.1) is 6.92 Å². The maximum atomic E-state index is 5.72. The summed E-state index contributed by atoms with van der Waals surface area (Å²) in [4.78, 5) is 6.93. The Morgan fingerprint density at radius 2 is 2.57 bits per heavy atom. The number of nitrogens with zero attached hydrogens (tertiary/aromatic N) is 2. The highest BCUT2D eigenvalue weighted by Crippen LogP contribution is 2.19. The SMILES string of the molecule is Cc1nc(CN2CCC[C@H]2CN)cs1. The van der Waals surface area contributed by atoms with Crippen LogP contribution in [0.5, 0.6) is 0 Å². The zero-order valence-corrected chi connectivity index (χ0v) is 9.39. The maximum Gasteiger partial charge on any atom is 0.0897 e. The first-order valence-electron chi connectivity index (χ1n) is 5.14. The molecule has 2 heterocycles. The molecule has 78 valence electrons. The second-order valence-corrected chi connectivity index (χ2v) is 4.92. The highest BCUT2D eigenvalue weighted by Gasteiger charge is 2.23. The molecule has 0 radical (unpaired) electrons. The standard InChI is InChI=1S/C10H17N3S/c1-8-12-9(7-14-8)6-13-4-2-3-10(13)5-11/h7,10H,2-6,11H2,1H3/t10-/m0/s1. The Morgan fingerprint density at radius 1 is 1.71 bits per heavy atom. The molecule has 1 atom stereocenters. The van der Waals surface area contributed by atoms with Crippen molar-refractivity contribution in [2.75, 3.05) is 13.1 Å². The molecule has 0 aliphatic carbocycles. The normalized spacial score (nSPS) is 23.1. The van der Waals surface area contributed by atoms with Gasteiger partial charge in [-0.3, -0.25) is 4.90 Å². The minimum atomic E-state index is 0.581. The summed E-state index contributed by atoms with van der Waals surface area (Å²) in [6, 6.07) is 0.581. The molecule has 1 aromatic rings. The van der Waals surface area contributed by atoms with Crippen LogP contribution >= 0.6 is 11.3 Å². The van der Waals surface area contributed by atoms with E-state index in [0.717, 1.165) is 18.1 Å². The summed E-state index contributed by atoms with van der Waals surface area (Å²) in [7, 11) is 0. The Labute approximate surface area is 88.9 Å². The summed E-state index contributed by atoms with van der Waals surface area (Å²) >= 11 is 1.73. The molecule has 0 saturated carbocycles. The molecule has 2 N–H and O–H groups in total. The molecule has 0 unspecified atom stereocenters. The lowest BCUT2D eigenvalue weighted by Gasteiger charge is -2.21. The van der Waals surface area contributed by atoms with E-state index in [9.17, 15) is 0 Å². The molecule has 1 aromatic heterocycles. The van der Waals surface area contributed by atoms with Gasteiger partial charge in [0.25, 0.3) is 0 Å². The average molecular weight is 211 g/mol. The number of aromatic nitrogens is 1. The number of hydrogen-bond donors (Lipinski definition) is 1. The van der Waals surface area contributed by atoms with Crippen LogP contribution in [0.15, 0.2) is 5.38 Å². The van der Waals surface area contributed by atoms with Crippen molar-refractivity contribution in [3.63, 3.8) is 0 Å². The van der Waals surface area contributed by atoms with Crippen molar-refractivity contribution in [3.8, 4) is 0 Å². The van der Waals surface area contributed by atoms with Crippen molar-refractivity contribution in [2.45, 2.75) is 32.4 Å². The molecule has 0 aromatic carbocycles. The average Bonchev–Trinajstić information content (AvgIpc) is 2.76. The van der Waals surface area contributed by atoms with Crippen molar-refractivity contribution in [2.24, 2.45) is 5.73 Å². The molecule has 1 fully saturated rings. The van der Waals surface area contributed by atoms with E-state index in [1.165, 1.54) is 25.1 Å². The fourth-order valence-corrected chi connectivity index (χ4v) is 2.66. The molecule has 1 saturated heterocycles. The van der Waals surface area contributed by atoms with Gasteiger partial charge in [-0.2, -0.15) is 0 Å². The highest BCUT2D eigenvalue weighted by atomic mass is 32.1. The van der Waals surface area contributed by atoms with Gasteiger partial charge in [0.05, 0.1) is 10.7 Å².